The monoisotopic (exact) mass is 883 g/mol. The molecule has 16 heteroatoms. The summed E-state index contributed by atoms with van der Waals surface area (Å²) in [7, 11) is 0. The Kier molecular flexibility index (Phi) is 11.8. The maximum atomic E-state index is 14.3. The van der Waals surface area contributed by atoms with Crippen LogP contribution >= 0.6 is 22.7 Å². The standard InChI is InChI=1S/C47H49N9O5S2/c1-25(2)42(47(60)56-23-32(57)18-38(56)45(59)51-27(4)29-10-12-30(13-11-29)44-28(5)50-24-62-44)40-20-36(54-61-40)37-21-49-41(22-48-37)55-16-14-31(15-17-55)43-26(3)34-19-35(52-53-46(34)63-43)33-8-6-7-9-39(33)58/h6-13,19-22,24-25,27,31-32,38,42,57-58H,14-18,23H2,1-5H3,(H,51,59)/t27-,32+,38-,42+/m0/s1. The molecule has 0 aliphatic carbocycles. The number of para-hydroxylation sites is 1. The van der Waals surface area contributed by atoms with Crippen molar-refractivity contribution in [2.75, 3.05) is 24.5 Å². The fraction of sp³-hybridized carbons (Fsp3) is 0.362. The van der Waals surface area contributed by atoms with Gasteiger partial charge in [-0.2, -0.15) is 0 Å². The predicted octanol–water partition coefficient (Wildman–Crippen LogP) is 8.21. The molecule has 2 aliphatic rings. The summed E-state index contributed by atoms with van der Waals surface area (Å²) in [5.74, 6) is 0.146. The molecule has 324 valence electrons. The van der Waals surface area contributed by atoms with Crippen molar-refractivity contribution < 1.29 is 24.3 Å². The third-order valence-corrected chi connectivity index (χ3v) is 14.8. The molecule has 2 amide bonds. The number of phenolic OH excluding ortho intramolecular Hbond substituents is 1. The van der Waals surface area contributed by atoms with Crippen LogP contribution in [-0.4, -0.2) is 89.0 Å². The van der Waals surface area contributed by atoms with Crippen molar-refractivity contribution in [1.29, 1.82) is 0 Å². The number of phenols is 1. The zero-order chi connectivity index (χ0) is 43.9. The van der Waals surface area contributed by atoms with Crippen LogP contribution in [0.15, 0.2) is 83.1 Å². The molecule has 2 fully saturated rings. The third-order valence-electron chi connectivity index (χ3n) is 12.4. The molecule has 0 unspecified atom stereocenters. The lowest BCUT2D eigenvalue weighted by Gasteiger charge is -2.32. The lowest BCUT2D eigenvalue weighted by molar-refractivity contribution is -0.141. The average molecular weight is 884 g/mol. The van der Waals surface area contributed by atoms with E-state index in [0.29, 0.717) is 34.3 Å². The highest BCUT2D eigenvalue weighted by molar-refractivity contribution is 7.19. The van der Waals surface area contributed by atoms with Crippen LogP contribution in [0.1, 0.15) is 85.4 Å². The van der Waals surface area contributed by atoms with Gasteiger partial charge in [-0.15, -0.1) is 32.9 Å². The number of anilines is 1. The number of carbonyl (C=O) groups is 2. The number of hydrogen-bond donors (Lipinski definition) is 3. The molecule has 2 aliphatic heterocycles. The molecule has 7 heterocycles. The number of nitrogens with one attached hydrogen (secondary N) is 1. The first kappa shape index (κ1) is 42.2. The fourth-order valence-corrected chi connectivity index (χ4v) is 11.0. The molecule has 9 rings (SSSR count). The Morgan fingerprint density at radius 3 is 2.40 bits per heavy atom. The number of aromatic nitrogens is 6. The predicted molar refractivity (Wildman–Crippen MR) is 244 cm³/mol. The van der Waals surface area contributed by atoms with Gasteiger partial charge >= 0.3 is 0 Å². The molecule has 2 aromatic carbocycles. The highest BCUT2D eigenvalue weighted by atomic mass is 32.1. The minimum atomic E-state index is -0.839. The maximum Gasteiger partial charge on any atom is 0.243 e. The lowest BCUT2D eigenvalue weighted by Crippen LogP contribution is -2.48. The largest absolute Gasteiger partial charge is 0.507 e. The molecule has 0 radical (unpaired) electrons. The number of thiophene rings is 1. The molecule has 4 atom stereocenters. The number of aliphatic hydroxyl groups excluding tert-OH is 1. The number of piperidine rings is 1. The van der Waals surface area contributed by atoms with E-state index in [4.69, 9.17) is 14.5 Å². The minimum absolute atomic E-state index is 0.0443. The summed E-state index contributed by atoms with van der Waals surface area (Å²) in [6, 6.07) is 17.8. The first-order chi connectivity index (χ1) is 30.4. The molecular formula is C47H49N9O5S2. The Hall–Kier alpha value is -6.10. The summed E-state index contributed by atoms with van der Waals surface area (Å²) < 4.78 is 5.82. The zero-order valence-corrected chi connectivity index (χ0v) is 37.4. The van der Waals surface area contributed by atoms with Crippen LogP contribution in [0.25, 0.3) is 43.3 Å². The number of benzene rings is 2. The van der Waals surface area contributed by atoms with E-state index in [1.54, 1.807) is 53.3 Å². The van der Waals surface area contributed by atoms with Gasteiger partial charge in [0.1, 0.15) is 45.5 Å². The van der Waals surface area contributed by atoms with Crippen molar-refractivity contribution >= 4 is 50.5 Å². The van der Waals surface area contributed by atoms with Crippen LogP contribution in [-0.2, 0) is 9.59 Å². The van der Waals surface area contributed by atoms with Crippen molar-refractivity contribution in [2.45, 2.75) is 83.9 Å². The van der Waals surface area contributed by atoms with Gasteiger partial charge in [0.05, 0.1) is 46.3 Å². The van der Waals surface area contributed by atoms with Gasteiger partial charge in [-0.3, -0.25) is 9.59 Å². The number of nitrogens with zero attached hydrogens (tertiary/aromatic N) is 8. The van der Waals surface area contributed by atoms with Crippen LogP contribution in [0.3, 0.4) is 0 Å². The number of aromatic hydroxyl groups is 1. The number of likely N-dealkylation sites (tertiary alicyclic amines) is 1. The van der Waals surface area contributed by atoms with Crippen LogP contribution in [0.5, 0.6) is 5.75 Å². The van der Waals surface area contributed by atoms with Gasteiger partial charge in [0, 0.05) is 47.9 Å². The molecule has 0 bridgehead atoms. The second-order valence-corrected chi connectivity index (χ2v) is 18.8. The quantitative estimate of drug-likeness (QED) is 0.113. The van der Waals surface area contributed by atoms with Crippen molar-refractivity contribution in [3.05, 3.63) is 106 Å². The van der Waals surface area contributed by atoms with Crippen LogP contribution < -0.4 is 10.2 Å². The van der Waals surface area contributed by atoms with Gasteiger partial charge in [0.2, 0.25) is 11.8 Å². The zero-order valence-electron chi connectivity index (χ0n) is 35.7. The van der Waals surface area contributed by atoms with Crippen molar-refractivity contribution in [3.8, 4) is 38.8 Å². The number of fused-ring (bicyclic) bond motifs is 1. The SMILES string of the molecule is Cc1ncsc1-c1ccc([C@H](C)NC(=O)[C@@H]2C[C@@H](O)CN2C(=O)[C@@H](c2cc(-c3cnc(N4CCC(c5sc6nnc(-c7ccccc7O)cc6c5C)CC4)cn3)no2)C(C)C)cc1. The summed E-state index contributed by atoms with van der Waals surface area (Å²) in [6.45, 7) is 11.6. The number of carbonyl (C=O) groups excluding carboxylic acids is 2. The summed E-state index contributed by atoms with van der Waals surface area (Å²) in [5, 5.41) is 38.5. The topological polar surface area (TPSA) is 184 Å². The average Bonchev–Trinajstić information content (AvgIpc) is 4.11. The normalized spacial score (nSPS) is 18.0. The van der Waals surface area contributed by atoms with Crippen LogP contribution in [0, 0.1) is 19.8 Å². The summed E-state index contributed by atoms with van der Waals surface area (Å²) in [4.78, 5) is 48.9. The maximum absolute atomic E-state index is 14.3. The molecule has 3 N–H and O–H groups in total. The van der Waals surface area contributed by atoms with Crippen LogP contribution in [0.2, 0.25) is 0 Å². The summed E-state index contributed by atoms with van der Waals surface area (Å²) in [5.41, 5.74) is 8.31. The Labute approximate surface area is 373 Å². The lowest BCUT2D eigenvalue weighted by atomic mass is 9.91. The van der Waals surface area contributed by atoms with E-state index in [0.717, 1.165) is 63.7 Å². The number of aryl methyl sites for hydroxylation is 2. The molecule has 0 saturated carbocycles. The third kappa shape index (κ3) is 8.42. The first-order valence-corrected chi connectivity index (χ1v) is 23.0. The van der Waals surface area contributed by atoms with E-state index < -0.39 is 18.1 Å². The number of β-amino-alcohol motifs (C(OH)–C–C–N with tert-alkyl or cyclic N) is 1. The number of amides is 2. The van der Waals surface area contributed by atoms with E-state index in [9.17, 15) is 19.8 Å². The summed E-state index contributed by atoms with van der Waals surface area (Å²) >= 11 is 3.29. The Morgan fingerprint density at radius 2 is 1.70 bits per heavy atom. The van der Waals surface area contributed by atoms with Gasteiger partial charge in [-0.05, 0) is 80.3 Å². The molecule has 0 spiro atoms. The van der Waals surface area contributed by atoms with Gasteiger partial charge in [-0.25, -0.2) is 15.0 Å². The molecule has 5 aromatic heterocycles. The molecule has 2 saturated heterocycles. The van der Waals surface area contributed by atoms with Gasteiger partial charge in [-0.1, -0.05) is 55.4 Å². The van der Waals surface area contributed by atoms with Gasteiger partial charge < -0.3 is 29.9 Å². The smallest absolute Gasteiger partial charge is 0.243 e. The Bertz CT molecular complexity index is 2760. The van der Waals surface area contributed by atoms with E-state index in [1.165, 1.54) is 15.3 Å². The number of rotatable bonds is 11. The van der Waals surface area contributed by atoms with Crippen molar-refractivity contribution in [1.82, 2.24) is 40.5 Å². The molecule has 7 aromatic rings. The second kappa shape index (κ2) is 17.6. The highest BCUT2D eigenvalue weighted by Crippen LogP contribution is 2.41. The second-order valence-electron chi connectivity index (χ2n) is 16.9. The van der Waals surface area contributed by atoms with Crippen LogP contribution in [0.4, 0.5) is 5.82 Å². The minimum Gasteiger partial charge on any atom is -0.507 e. The van der Waals surface area contributed by atoms with E-state index in [2.05, 4.69) is 37.5 Å². The fourth-order valence-electron chi connectivity index (χ4n) is 8.91. The molecule has 63 heavy (non-hydrogen) atoms. The number of hydrogen-bond acceptors (Lipinski definition) is 14. The molecular weight excluding hydrogens is 835 g/mol. The highest BCUT2D eigenvalue weighted by Gasteiger charge is 2.43. The van der Waals surface area contributed by atoms with Crippen molar-refractivity contribution in [3.63, 3.8) is 0 Å². The Morgan fingerprint density at radius 1 is 0.921 bits per heavy atom. The first-order valence-electron chi connectivity index (χ1n) is 21.3. The summed E-state index contributed by atoms with van der Waals surface area (Å²) in [6.07, 6.45) is 4.64. The van der Waals surface area contributed by atoms with Gasteiger partial charge in [0.15, 0.2) is 0 Å². The molecule has 14 nitrogen and oxygen atoms in total. The number of thiazole rings is 1. The van der Waals surface area contributed by atoms with E-state index >= 15 is 0 Å². The van der Waals surface area contributed by atoms with E-state index in [-0.39, 0.29) is 42.5 Å². The van der Waals surface area contributed by atoms with Crippen molar-refractivity contribution in [2.24, 2.45) is 5.92 Å². The Balaban J connectivity index is 0.832. The van der Waals surface area contributed by atoms with Gasteiger partial charge in [0.25, 0.3) is 0 Å². The van der Waals surface area contributed by atoms with E-state index in [1.807, 2.05) is 75.7 Å². The number of aliphatic hydroxyl groups is 1.